The predicted octanol–water partition coefficient (Wildman–Crippen LogP) is 4.34. The first-order valence-electron chi connectivity index (χ1n) is 8.98. The molecule has 0 aliphatic heterocycles. The number of aromatic nitrogens is 2. The Kier molecular flexibility index (Phi) is 5.63. The fraction of sp³-hybridized carbons (Fsp3) is 0.286. The highest BCUT2D eigenvalue weighted by Gasteiger charge is 2.21. The Bertz CT molecular complexity index is 960. The lowest BCUT2D eigenvalue weighted by atomic mass is 9.95. The van der Waals surface area contributed by atoms with E-state index in [4.69, 9.17) is 9.26 Å². The van der Waals surface area contributed by atoms with Crippen molar-refractivity contribution in [3.8, 4) is 17.1 Å². The first kappa shape index (κ1) is 19.4. The van der Waals surface area contributed by atoms with Gasteiger partial charge in [-0.3, -0.25) is 4.79 Å². The molecule has 0 unspecified atom stereocenters. The minimum atomic E-state index is -0.456. The van der Waals surface area contributed by atoms with Gasteiger partial charge in [0.25, 0.3) is 0 Å². The molecule has 1 heterocycles. The highest BCUT2D eigenvalue weighted by atomic mass is 16.5. The third-order valence-electron chi connectivity index (χ3n) is 4.06. The molecule has 28 heavy (non-hydrogen) atoms. The quantitative estimate of drug-likeness (QED) is 0.661. The van der Waals surface area contributed by atoms with E-state index in [0.29, 0.717) is 24.0 Å². The van der Waals surface area contributed by atoms with Gasteiger partial charge >= 0.3 is 0 Å². The van der Waals surface area contributed by atoms with Crippen LogP contribution in [-0.2, 0) is 11.3 Å². The largest absolute Gasteiger partial charge is 0.496 e. The summed E-state index contributed by atoms with van der Waals surface area (Å²) in [6, 6.07) is 15.0. The third kappa shape index (κ3) is 4.68. The molecule has 0 fully saturated rings. The van der Waals surface area contributed by atoms with Crippen molar-refractivity contribution in [1.82, 2.24) is 10.1 Å². The summed E-state index contributed by atoms with van der Waals surface area (Å²) >= 11 is 0. The van der Waals surface area contributed by atoms with E-state index in [9.17, 15) is 4.79 Å². The zero-order valence-corrected chi connectivity index (χ0v) is 16.4. The van der Waals surface area contributed by atoms with E-state index < -0.39 is 5.41 Å². The van der Waals surface area contributed by atoms with Crippen molar-refractivity contribution in [2.75, 3.05) is 17.7 Å². The van der Waals surface area contributed by atoms with Crippen LogP contribution in [0.3, 0.4) is 0 Å². The molecule has 7 heteroatoms. The molecule has 0 bridgehead atoms. The van der Waals surface area contributed by atoms with Gasteiger partial charge in [-0.25, -0.2) is 0 Å². The highest BCUT2D eigenvalue weighted by Crippen LogP contribution is 2.27. The van der Waals surface area contributed by atoms with Gasteiger partial charge in [0.05, 0.1) is 19.2 Å². The van der Waals surface area contributed by atoms with Crippen molar-refractivity contribution < 1.29 is 14.1 Å². The number of hydrogen-bond acceptors (Lipinski definition) is 6. The molecular weight excluding hydrogens is 356 g/mol. The topological polar surface area (TPSA) is 89.3 Å². The Morgan fingerprint density at radius 2 is 1.86 bits per heavy atom. The number of nitrogens with one attached hydrogen (secondary N) is 2. The summed E-state index contributed by atoms with van der Waals surface area (Å²) in [5.41, 5.74) is 1.88. The molecule has 3 aromatic rings. The summed E-state index contributed by atoms with van der Waals surface area (Å²) in [6.45, 7) is 5.98. The third-order valence-corrected chi connectivity index (χ3v) is 4.06. The van der Waals surface area contributed by atoms with Crippen molar-refractivity contribution in [3.63, 3.8) is 0 Å². The van der Waals surface area contributed by atoms with Gasteiger partial charge in [-0.1, -0.05) is 44.1 Å². The van der Waals surface area contributed by atoms with Gasteiger partial charge in [-0.05, 0) is 30.3 Å². The molecule has 0 radical (unpaired) electrons. The zero-order chi connectivity index (χ0) is 20.1. The smallest absolute Gasteiger partial charge is 0.246 e. The molecule has 2 aromatic carbocycles. The number of benzene rings is 2. The Hall–Kier alpha value is -3.35. The second-order valence-corrected chi connectivity index (χ2v) is 7.35. The van der Waals surface area contributed by atoms with Crippen LogP contribution in [0.4, 0.5) is 11.4 Å². The molecule has 0 saturated heterocycles. The van der Waals surface area contributed by atoms with Gasteiger partial charge in [-0.15, -0.1) is 0 Å². The number of nitrogens with zero attached hydrogens (tertiary/aromatic N) is 2. The minimum Gasteiger partial charge on any atom is -0.496 e. The summed E-state index contributed by atoms with van der Waals surface area (Å²) in [4.78, 5) is 16.6. The van der Waals surface area contributed by atoms with E-state index in [1.165, 1.54) is 0 Å². The molecule has 0 aliphatic carbocycles. The molecule has 7 nitrogen and oxygen atoms in total. The van der Waals surface area contributed by atoms with Crippen LogP contribution in [0.2, 0.25) is 0 Å². The van der Waals surface area contributed by atoms with E-state index in [1.54, 1.807) is 7.11 Å². The molecule has 146 valence electrons. The van der Waals surface area contributed by atoms with Crippen LogP contribution >= 0.6 is 0 Å². The standard InChI is InChI=1S/C21H24N4O3/c1-21(2,3)20(26)23-15-9-7-8-14(12-15)22-13-18-24-19(25-28-18)16-10-5-6-11-17(16)27-4/h5-12,22H,13H2,1-4H3,(H,23,26). The Morgan fingerprint density at radius 3 is 2.61 bits per heavy atom. The van der Waals surface area contributed by atoms with Crippen molar-refractivity contribution in [2.24, 2.45) is 5.41 Å². The monoisotopic (exact) mass is 380 g/mol. The van der Waals surface area contributed by atoms with Crippen LogP contribution in [0.15, 0.2) is 53.1 Å². The first-order chi connectivity index (χ1) is 13.4. The molecule has 0 saturated carbocycles. The maximum absolute atomic E-state index is 12.1. The van der Waals surface area contributed by atoms with Gasteiger partial charge < -0.3 is 19.9 Å². The highest BCUT2D eigenvalue weighted by molar-refractivity contribution is 5.94. The second-order valence-electron chi connectivity index (χ2n) is 7.35. The zero-order valence-electron chi connectivity index (χ0n) is 16.4. The molecule has 1 aromatic heterocycles. The summed E-state index contributed by atoms with van der Waals surface area (Å²) in [5, 5.41) is 10.2. The molecule has 3 rings (SSSR count). The number of hydrogen-bond donors (Lipinski definition) is 2. The summed E-state index contributed by atoms with van der Waals surface area (Å²) in [6.07, 6.45) is 0. The SMILES string of the molecule is COc1ccccc1-c1noc(CNc2cccc(NC(=O)C(C)(C)C)c2)n1. The summed E-state index contributed by atoms with van der Waals surface area (Å²) in [5.74, 6) is 1.57. The Labute approximate surface area is 164 Å². The molecule has 0 spiro atoms. The van der Waals surface area contributed by atoms with Gasteiger partial charge in [0.15, 0.2) is 0 Å². The Morgan fingerprint density at radius 1 is 1.11 bits per heavy atom. The van der Waals surface area contributed by atoms with Crippen molar-refractivity contribution >= 4 is 17.3 Å². The molecule has 0 aliphatic rings. The van der Waals surface area contributed by atoms with Crippen molar-refractivity contribution in [1.29, 1.82) is 0 Å². The van der Waals surface area contributed by atoms with Crippen molar-refractivity contribution in [3.05, 3.63) is 54.4 Å². The van der Waals surface area contributed by atoms with Crippen molar-refractivity contribution in [2.45, 2.75) is 27.3 Å². The number of methoxy groups -OCH3 is 1. The lowest BCUT2D eigenvalue weighted by Gasteiger charge is -2.18. The molecule has 0 atom stereocenters. The molecule has 1 amide bonds. The number of amides is 1. The normalized spacial score (nSPS) is 11.1. The average Bonchev–Trinajstić information content (AvgIpc) is 3.15. The fourth-order valence-electron chi connectivity index (χ4n) is 2.47. The maximum Gasteiger partial charge on any atom is 0.246 e. The van der Waals surface area contributed by atoms with Crippen LogP contribution < -0.4 is 15.4 Å². The first-order valence-corrected chi connectivity index (χ1v) is 8.98. The van der Waals surface area contributed by atoms with E-state index in [-0.39, 0.29) is 5.91 Å². The van der Waals surface area contributed by atoms with Crippen LogP contribution in [0.1, 0.15) is 26.7 Å². The van der Waals surface area contributed by atoms with Crippen LogP contribution in [0, 0.1) is 5.41 Å². The summed E-state index contributed by atoms with van der Waals surface area (Å²) < 4.78 is 10.7. The van der Waals surface area contributed by atoms with Crippen LogP contribution in [0.5, 0.6) is 5.75 Å². The minimum absolute atomic E-state index is 0.0389. The van der Waals surface area contributed by atoms with E-state index in [1.807, 2.05) is 69.3 Å². The van der Waals surface area contributed by atoms with E-state index in [2.05, 4.69) is 20.8 Å². The number of rotatable bonds is 6. The predicted molar refractivity (Wildman–Crippen MR) is 108 cm³/mol. The summed E-state index contributed by atoms with van der Waals surface area (Å²) in [7, 11) is 1.60. The lowest BCUT2D eigenvalue weighted by molar-refractivity contribution is -0.123. The Balaban J connectivity index is 1.66. The van der Waals surface area contributed by atoms with Gasteiger partial charge in [0.2, 0.25) is 17.6 Å². The lowest BCUT2D eigenvalue weighted by Crippen LogP contribution is -2.27. The van der Waals surface area contributed by atoms with E-state index >= 15 is 0 Å². The van der Waals surface area contributed by atoms with Gasteiger partial charge in [0, 0.05) is 16.8 Å². The fourth-order valence-corrected chi connectivity index (χ4v) is 2.47. The van der Waals surface area contributed by atoms with Gasteiger partial charge in [-0.2, -0.15) is 4.98 Å². The number of anilines is 2. The average molecular weight is 380 g/mol. The number of ether oxygens (including phenoxy) is 1. The number of carbonyl (C=O) groups is 1. The number of para-hydroxylation sites is 1. The van der Waals surface area contributed by atoms with Crippen LogP contribution in [-0.4, -0.2) is 23.2 Å². The molecular formula is C21H24N4O3. The molecule has 2 N–H and O–H groups in total. The number of carbonyl (C=O) groups excluding carboxylic acids is 1. The van der Waals surface area contributed by atoms with Gasteiger partial charge in [0.1, 0.15) is 5.75 Å². The second kappa shape index (κ2) is 8.12. The van der Waals surface area contributed by atoms with Crippen LogP contribution in [0.25, 0.3) is 11.4 Å². The maximum atomic E-state index is 12.1. The van der Waals surface area contributed by atoms with E-state index in [0.717, 1.165) is 16.9 Å².